The normalized spacial score (nSPS) is 14.2. The van der Waals surface area contributed by atoms with Gasteiger partial charge in [0.2, 0.25) is 11.9 Å². The molecule has 2 amide bonds. The molecule has 0 saturated carbocycles. The molecule has 0 saturated heterocycles. The van der Waals surface area contributed by atoms with E-state index in [2.05, 4.69) is 55.6 Å². The molecular weight excluding hydrogens is 488 g/mol. The fraction of sp³-hybridized carbons (Fsp3) is 0.452. The quantitative estimate of drug-likeness (QED) is 0.337. The van der Waals surface area contributed by atoms with Crippen LogP contribution in [0.3, 0.4) is 0 Å². The fourth-order valence-electron chi connectivity index (χ4n) is 4.72. The van der Waals surface area contributed by atoms with Gasteiger partial charge in [-0.2, -0.15) is 0 Å². The highest BCUT2D eigenvalue weighted by atomic mass is 16.2. The maximum absolute atomic E-state index is 13.8. The van der Waals surface area contributed by atoms with E-state index in [1.165, 1.54) is 0 Å². The van der Waals surface area contributed by atoms with E-state index in [9.17, 15) is 9.59 Å². The summed E-state index contributed by atoms with van der Waals surface area (Å²) in [5.74, 6) is 1.35. The zero-order valence-corrected chi connectivity index (χ0v) is 23.9. The Morgan fingerprint density at radius 3 is 2.21 bits per heavy atom. The van der Waals surface area contributed by atoms with Crippen molar-refractivity contribution in [3.63, 3.8) is 0 Å². The average molecular weight is 531 g/mol. The molecule has 0 spiro atoms. The lowest BCUT2D eigenvalue weighted by atomic mass is 10.1. The van der Waals surface area contributed by atoms with Gasteiger partial charge in [0.05, 0.1) is 11.0 Å². The zero-order valence-electron chi connectivity index (χ0n) is 23.9. The first-order valence-electron chi connectivity index (χ1n) is 14.0. The van der Waals surface area contributed by atoms with Crippen molar-refractivity contribution in [1.82, 2.24) is 19.4 Å². The molecule has 1 aliphatic heterocycles. The number of hydrogen-bond acceptors (Lipinski definition) is 5. The molecule has 0 fully saturated rings. The van der Waals surface area contributed by atoms with E-state index in [0.717, 1.165) is 67.9 Å². The highest BCUT2D eigenvalue weighted by Gasteiger charge is 2.21. The van der Waals surface area contributed by atoms with E-state index in [-0.39, 0.29) is 5.91 Å². The number of rotatable bonds is 11. The SMILES string of the molecule is CC(C)CCN(CCC(C)C)C(=O)c1ccc2nc(Nc3ccc(C(N)=O)cc3)n(C3=CCN(C)CC3)c2c1. The number of nitrogens with two attached hydrogens (primary N) is 1. The summed E-state index contributed by atoms with van der Waals surface area (Å²) in [6, 6.07) is 12.9. The molecule has 0 bridgehead atoms. The molecule has 0 atom stereocenters. The number of primary amides is 1. The van der Waals surface area contributed by atoms with Crippen LogP contribution in [0.5, 0.6) is 0 Å². The van der Waals surface area contributed by atoms with E-state index in [1.807, 2.05) is 35.2 Å². The van der Waals surface area contributed by atoms with Crippen LogP contribution in [0.25, 0.3) is 16.7 Å². The van der Waals surface area contributed by atoms with Gasteiger partial charge >= 0.3 is 0 Å². The summed E-state index contributed by atoms with van der Waals surface area (Å²) in [6.45, 7) is 12.1. The van der Waals surface area contributed by atoms with Crippen LogP contribution in [0.15, 0.2) is 48.5 Å². The number of anilines is 2. The fourth-order valence-corrected chi connectivity index (χ4v) is 4.72. The minimum atomic E-state index is -0.460. The number of nitrogens with one attached hydrogen (secondary N) is 1. The van der Waals surface area contributed by atoms with Crippen LogP contribution in [-0.2, 0) is 0 Å². The van der Waals surface area contributed by atoms with Crippen LogP contribution >= 0.6 is 0 Å². The number of nitrogens with zero attached hydrogens (tertiary/aromatic N) is 4. The first kappa shape index (κ1) is 28.4. The van der Waals surface area contributed by atoms with Gasteiger partial charge in [0, 0.05) is 55.1 Å². The number of benzene rings is 2. The van der Waals surface area contributed by atoms with Crippen LogP contribution in [0, 0.1) is 11.8 Å². The molecule has 2 heterocycles. The molecular formula is C31H42N6O2. The lowest BCUT2D eigenvalue weighted by molar-refractivity contribution is 0.0740. The monoisotopic (exact) mass is 530 g/mol. The van der Waals surface area contributed by atoms with Gasteiger partial charge in [-0.25, -0.2) is 4.98 Å². The molecule has 8 heteroatoms. The third-order valence-electron chi connectivity index (χ3n) is 7.24. The van der Waals surface area contributed by atoms with Gasteiger partial charge in [-0.1, -0.05) is 33.8 Å². The summed E-state index contributed by atoms with van der Waals surface area (Å²) in [7, 11) is 2.11. The number of hydrogen-bond donors (Lipinski definition) is 2. The summed E-state index contributed by atoms with van der Waals surface area (Å²) in [4.78, 5) is 34.4. The molecule has 3 aromatic rings. The standard InChI is InChI=1S/C31H42N6O2/c1-21(2)12-18-36(19-13-22(3)4)30(39)24-8-11-27-28(20-24)37(26-14-16-35(5)17-15-26)31(34-27)33-25-9-6-23(7-10-25)29(32)38/h6-11,14,20-22H,12-13,15-19H2,1-5H3,(H2,32,38)(H,33,34). The van der Waals surface area contributed by atoms with Crippen molar-refractivity contribution in [2.45, 2.75) is 47.0 Å². The number of likely N-dealkylation sites (N-methyl/N-ethyl adjacent to an activating group) is 1. The first-order chi connectivity index (χ1) is 18.6. The van der Waals surface area contributed by atoms with Gasteiger partial charge in [-0.15, -0.1) is 0 Å². The molecule has 1 aliphatic rings. The zero-order chi connectivity index (χ0) is 28.1. The molecule has 0 radical (unpaired) electrons. The van der Waals surface area contributed by atoms with E-state index in [0.29, 0.717) is 28.9 Å². The topological polar surface area (TPSA) is 96.5 Å². The highest BCUT2D eigenvalue weighted by Crippen LogP contribution is 2.30. The van der Waals surface area contributed by atoms with Gasteiger partial charge in [0.25, 0.3) is 5.91 Å². The van der Waals surface area contributed by atoms with Crippen molar-refractivity contribution in [2.24, 2.45) is 17.6 Å². The summed E-state index contributed by atoms with van der Waals surface area (Å²) in [6.07, 6.45) is 5.04. The van der Waals surface area contributed by atoms with E-state index in [1.54, 1.807) is 12.1 Å². The number of imidazole rings is 1. The Balaban J connectivity index is 1.72. The van der Waals surface area contributed by atoms with Gasteiger partial charge in [-0.05, 0) is 74.2 Å². The largest absolute Gasteiger partial charge is 0.366 e. The van der Waals surface area contributed by atoms with Crippen LogP contribution in [0.2, 0.25) is 0 Å². The van der Waals surface area contributed by atoms with Crippen molar-refractivity contribution in [3.05, 3.63) is 59.7 Å². The summed E-state index contributed by atoms with van der Waals surface area (Å²) < 4.78 is 2.13. The third kappa shape index (κ3) is 7.06. The third-order valence-corrected chi connectivity index (χ3v) is 7.24. The van der Waals surface area contributed by atoms with Gasteiger partial charge in [-0.3, -0.25) is 14.2 Å². The van der Waals surface area contributed by atoms with E-state index < -0.39 is 5.91 Å². The first-order valence-corrected chi connectivity index (χ1v) is 14.0. The summed E-state index contributed by atoms with van der Waals surface area (Å²) >= 11 is 0. The summed E-state index contributed by atoms with van der Waals surface area (Å²) in [5, 5.41) is 3.42. The predicted octanol–water partition coefficient (Wildman–Crippen LogP) is 5.59. The molecule has 39 heavy (non-hydrogen) atoms. The van der Waals surface area contributed by atoms with Crippen LogP contribution < -0.4 is 11.1 Å². The maximum atomic E-state index is 13.8. The lowest BCUT2D eigenvalue weighted by Gasteiger charge is -2.25. The van der Waals surface area contributed by atoms with Crippen molar-refractivity contribution in [2.75, 3.05) is 38.5 Å². The van der Waals surface area contributed by atoms with Gasteiger partial charge < -0.3 is 20.9 Å². The van der Waals surface area contributed by atoms with Crippen LogP contribution in [-0.4, -0.2) is 64.4 Å². The minimum absolute atomic E-state index is 0.0693. The molecule has 208 valence electrons. The van der Waals surface area contributed by atoms with E-state index >= 15 is 0 Å². The van der Waals surface area contributed by atoms with Crippen molar-refractivity contribution < 1.29 is 9.59 Å². The molecule has 8 nitrogen and oxygen atoms in total. The molecule has 3 N–H and O–H groups in total. The predicted molar refractivity (Wildman–Crippen MR) is 159 cm³/mol. The smallest absolute Gasteiger partial charge is 0.253 e. The van der Waals surface area contributed by atoms with Crippen molar-refractivity contribution in [1.29, 1.82) is 0 Å². The highest BCUT2D eigenvalue weighted by molar-refractivity contribution is 5.98. The average Bonchev–Trinajstić information content (AvgIpc) is 3.25. The minimum Gasteiger partial charge on any atom is -0.366 e. The Hall–Kier alpha value is -3.65. The van der Waals surface area contributed by atoms with Crippen molar-refractivity contribution >= 4 is 40.2 Å². The Labute approximate surface area is 231 Å². The Kier molecular flexibility index (Phi) is 9.07. The Morgan fingerprint density at radius 1 is 1.00 bits per heavy atom. The molecule has 1 aromatic heterocycles. The van der Waals surface area contributed by atoms with Gasteiger partial charge in [0.1, 0.15) is 0 Å². The number of aromatic nitrogens is 2. The number of carbonyl (C=O) groups excluding carboxylic acids is 2. The Morgan fingerprint density at radius 2 is 1.64 bits per heavy atom. The Bertz CT molecular complexity index is 1330. The lowest BCUT2D eigenvalue weighted by Crippen LogP contribution is -2.34. The molecule has 4 rings (SSSR count). The second kappa shape index (κ2) is 12.5. The van der Waals surface area contributed by atoms with Crippen LogP contribution in [0.1, 0.15) is 67.7 Å². The summed E-state index contributed by atoms with van der Waals surface area (Å²) in [5.41, 5.74) is 10.2. The number of fused-ring (bicyclic) bond motifs is 1. The second-order valence-corrected chi connectivity index (χ2v) is 11.4. The molecule has 2 aromatic carbocycles. The van der Waals surface area contributed by atoms with Crippen molar-refractivity contribution in [3.8, 4) is 0 Å². The second-order valence-electron chi connectivity index (χ2n) is 11.4. The molecule has 0 aliphatic carbocycles. The van der Waals surface area contributed by atoms with E-state index in [4.69, 9.17) is 10.7 Å². The number of amides is 2. The number of carbonyl (C=O) groups is 2. The van der Waals surface area contributed by atoms with Gasteiger partial charge in [0.15, 0.2) is 0 Å². The maximum Gasteiger partial charge on any atom is 0.253 e. The van der Waals surface area contributed by atoms with Crippen LogP contribution in [0.4, 0.5) is 11.6 Å². The molecule has 0 unspecified atom stereocenters.